The van der Waals surface area contributed by atoms with E-state index in [1.807, 2.05) is 13.1 Å². The molecule has 1 fully saturated rings. The van der Waals surface area contributed by atoms with E-state index in [9.17, 15) is 4.79 Å². The van der Waals surface area contributed by atoms with E-state index in [1.54, 1.807) is 16.9 Å². The molecule has 116 valence electrons. The zero-order valence-electron chi connectivity index (χ0n) is 13.3. The van der Waals surface area contributed by atoms with Crippen molar-refractivity contribution in [2.45, 2.75) is 38.1 Å². The van der Waals surface area contributed by atoms with E-state index in [4.69, 9.17) is 0 Å². The summed E-state index contributed by atoms with van der Waals surface area (Å²) in [6.07, 6.45) is 4.89. The number of hydrogen-bond acceptors (Lipinski definition) is 2. The van der Waals surface area contributed by atoms with Crippen molar-refractivity contribution in [1.29, 1.82) is 0 Å². The summed E-state index contributed by atoms with van der Waals surface area (Å²) < 4.78 is 1.67. The van der Waals surface area contributed by atoms with Crippen LogP contribution in [0.4, 0.5) is 0 Å². The molecule has 1 amide bonds. The maximum Gasteiger partial charge on any atom is 0.272 e. The number of aryl methyl sites for hydroxylation is 1. The third-order valence-electron chi connectivity index (χ3n) is 4.73. The highest BCUT2D eigenvalue weighted by atomic mass is 16.2. The van der Waals surface area contributed by atoms with Crippen molar-refractivity contribution < 1.29 is 4.79 Å². The van der Waals surface area contributed by atoms with Crippen LogP contribution in [0.1, 0.15) is 48.2 Å². The predicted octanol–water partition coefficient (Wildman–Crippen LogP) is 3.22. The van der Waals surface area contributed by atoms with Crippen LogP contribution in [-0.2, 0) is 7.05 Å². The lowest BCUT2D eigenvalue weighted by Crippen LogP contribution is -2.40. The van der Waals surface area contributed by atoms with Crippen molar-refractivity contribution in [2.75, 3.05) is 6.54 Å². The molecule has 0 bridgehead atoms. The number of nitrogens with zero attached hydrogens (tertiary/aromatic N) is 3. The largest absolute Gasteiger partial charge is 0.334 e. The molecule has 2 atom stereocenters. The molecule has 0 saturated carbocycles. The van der Waals surface area contributed by atoms with Crippen molar-refractivity contribution in [1.82, 2.24) is 14.7 Å². The van der Waals surface area contributed by atoms with Crippen molar-refractivity contribution in [2.24, 2.45) is 7.05 Å². The number of carbonyl (C=O) groups is 1. The smallest absolute Gasteiger partial charge is 0.272 e. The van der Waals surface area contributed by atoms with Crippen LogP contribution in [0.5, 0.6) is 0 Å². The molecule has 0 radical (unpaired) electrons. The highest BCUT2D eigenvalue weighted by Gasteiger charge is 2.35. The number of aromatic nitrogens is 2. The monoisotopic (exact) mass is 297 g/mol. The normalized spacial score (nSPS) is 19.4. The second kappa shape index (κ2) is 6.34. The first-order valence-corrected chi connectivity index (χ1v) is 8.06. The Balaban J connectivity index is 1.86. The molecule has 1 saturated heterocycles. The minimum absolute atomic E-state index is 0.108. The van der Waals surface area contributed by atoms with Gasteiger partial charge >= 0.3 is 0 Å². The van der Waals surface area contributed by atoms with E-state index in [1.165, 1.54) is 5.56 Å². The third-order valence-corrected chi connectivity index (χ3v) is 4.73. The summed E-state index contributed by atoms with van der Waals surface area (Å²) in [5.41, 5.74) is 2.01. The number of rotatable bonds is 4. The zero-order valence-corrected chi connectivity index (χ0v) is 13.3. The Labute approximate surface area is 131 Å². The molecular formula is C18H23N3O. The van der Waals surface area contributed by atoms with Crippen LogP contribution < -0.4 is 0 Å². The molecule has 0 unspecified atom stereocenters. The number of amides is 1. The predicted molar refractivity (Wildman–Crippen MR) is 86.7 cm³/mol. The van der Waals surface area contributed by atoms with Gasteiger partial charge in [0.1, 0.15) is 5.69 Å². The van der Waals surface area contributed by atoms with E-state index in [-0.39, 0.29) is 11.9 Å². The molecule has 2 heterocycles. The highest BCUT2D eigenvalue weighted by molar-refractivity contribution is 5.93. The van der Waals surface area contributed by atoms with Crippen LogP contribution in [0.25, 0.3) is 0 Å². The Morgan fingerprint density at radius 2 is 2.09 bits per heavy atom. The van der Waals surface area contributed by atoms with Crippen LogP contribution in [0.2, 0.25) is 0 Å². The van der Waals surface area contributed by atoms with Crippen molar-refractivity contribution in [3.8, 4) is 0 Å². The van der Waals surface area contributed by atoms with E-state index >= 15 is 0 Å². The van der Waals surface area contributed by atoms with Gasteiger partial charge in [-0.1, -0.05) is 37.3 Å². The van der Waals surface area contributed by atoms with Crippen molar-refractivity contribution in [3.63, 3.8) is 0 Å². The summed E-state index contributed by atoms with van der Waals surface area (Å²) in [7, 11) is 1.83. The molecule has 0 N–H and O–H groups in total. The molecule has 1 aromatic carbocycles. The van der Waals surface area contributed by atoms with Gasteiger partial charge in [-0.05, 0) is 30.9 Å². The first-order chi connectivity index (χ1) is 10.7. The first kappa shape index (κ1) is 14.8. The molecule has 22 heavy (non-hydrogen) atoms. The molecule has 4 nitrogen and oxygen atoms in total. The molecular weight excluding hydrogens is 274 g/mol. The Morgan fingerprint density at radius 1 is 1.32 bits per heavy atom. The number of likely N-dealkylation sites (tertiary alicyclic amines) is 1. The number of carbonyl (C=O) groups excluding carboxylic acids is 1. The van der Waals surface area contributed by atoms with Crippen molar-refractivity contribution >= 4 is 5.91 Å². The Bertz CT molecular complexity index is 635. The molecule has 2 aromatic rings. The molecule has 4 heteroatoms. The van der Waals surface area contributed by atoms with Gasteiger partial charge in [0.2, 0.25) is 0 Å². The van der Waals surface area contributed by atoms with Gasteiger partial charge in [0.25, 0.3) is 5.91 Å². The van der Waals surface area contributed by atoms with Crippen LogP contribution in [-0.4, -0.2) is 33.2 Å². The molecule has 0 spiro atoms. The van der Waals surface area contributed by atoms with Gasteiger partial charge in [0.15, 0.2) is 0 Å². The lowest BCUT2D eigenvalue weighted by molar-refractivity contribution is 0.0703. The van der Waals surface area contributed by atoms with E-state index in [0.717, 1.165) is 25.8 Å². The summed E-state index contributed by atoms with van der Waals surface area (Å²) in [6.45, 7) is 3.06. The standard InChI is InChI=1S/C18H23N3O/c1-3-15(14-8-5-4-6-9-14)16-10-7-13-21(16)18(22)17-11-12-19-20(17)2/h4-6,8-9,11-12,15-16H,3,7,10,13H2,1-2H3/t15-,16-/m1/s1. The number of hydrogen-bond donors (Lipinski definition) is 0. The molecule has 1 aliphatic heterocycles. The topological polar surface area (TPSA) is 38.1 Å². The fourth-order valence-electron chi connectivity index (χ4n) is 3.62. The minimum atomic E-state index is 0.108. The lowest BCUT2D eigenvalue weighted by atomic mass is 9.87. The van der Waals surface area contributed by atoms with Crippen LogP contribution >= 0.6 is 0 Å². The molecule has 3 rings (SSSR count). The quantitative estimate of drug-likeness (QED) is 0.869. The average Bonchev–Trinajstić information content (AvgIpc) is 3.18. The summed E-state index contributed by atoms with van der Waals surface area (Å²) >= 11 is 0. The summed E-state index contributed by atoms with van der Waals surface area (Å²) in [4.78, 5) is 14.9. The van der Waals surface area contributed by atoms with Gasteiger partial charge in [-0.2, -0.15) is 5.10 Å². The Hall–Kier alpha value is -2.10. The second-order valence-corrected chi connectivity index (χ2v) is 5.97. The summed E-state index contributed by atoms with van der Waals surface area (Å²) in [5, 5.41) is 4.13. The Morgan fingerprint density at radius 3 is 2.73 bits per heavy atom. The summed E-state index contributed by atoms with van der Waals surface area (Å²) in [5.74, 6) is 0.512. The van der Waals surface area contributed by atoms with E-state index in [2.05, 4.69) is 41.2 Å². The first-order valence-electron chi connectivity index (χ1n) is 8.06. The maximum atomic E-state index is 12.9. The fraction of sp³-hybridized carbons (Fsp3) is 0.444. The second-order valence-electron chi connectivity index (χ2n) is 5.97. The van der Waals surface area contributed by atoms with E-state index < -0.39 is 0 Å². The fourth-order valence-corrected chi connectivity index (χ4v) is 3.62. The maximum absolute atomic E-state index is 12.9. The van der Waals surface area contributed by atoms with Gasteiger partial charge in [-0.3, -0.25) is 9.48 Å². The third kappa shape index (κ3) is 2.65. The Kier molecular flexibility index (Phi) is 4.27. The molecule has 0 aliphatic carbocycles. The molecule has 1 aliphatic rings. The average molecular weight is 297 g/mol. The van der Waals surface area contributed by atoms with Crippen molar-refractivity contribution in [3.05, 3.63) is 53.9 Å². The van der Waals surface area contributed by atoms with Crippen LogP contribution in [0.3, 0.4) is 0 Å². The van der Waals surface area contributed by atoms with Crippen LogP contribution in [0.15, 0.2) is 42.6 Å². The van der Waals surface area contributed by atoms with Gasteiger partial charge in [-0.15, -0.1) is 0 Å². The SMILES string of the molecule is CC[C@H](c1ccccc1)[C@H]1CCCN1C(=O)c1ccnn1C. The van der Waals surface area contributed by atoms with Gasteiger partial charge < -0.3 is 4.90 Å². The lowest BCUT2D eigenvalue weighted by Gasteiger charge is -2.31. The molecule has 1 aromatic heterocycles. The van der Waals surface area contributed by atoms with Gasteiger partial charge in [0, 0.05) is 31.7 Å². The summed E-state index contributed by atoms with van der Waals surface area (Å²) in [6, 6.07) is 12.7. The minimum Gasteiger partial charge on any atom is -0.334 e. The van der Waals surface area contributed by atoms with Crippen LogP contribution in [0, 0.1) is 0 Å². The van der Waals surface area contributed by atoms with Gasteiger partial charge in [0.05, 0.1) is 0 Å². The van der Waals surface area contributed by atoms with Gasteiger partial charge in [-0.25, -0.2) is 0 Å². The van der Waals surface area contributed by atoms with E-state index in [0.29, 0.717) is 11.6 Å². The number of benzene rings is 1. The highest BCUT2D eigenvalue weighted by Crippen LogP contribution is 2.34. The zero-order chi connectivity index (χ0) is 15.5.